The highest BCUT2D eigenvalue weighted by Gasteiger charge is 2.55. The molecular weight excluding hydrogens is 764 g/mol. The van der Waals surface area contributed by atoms with Crippen LogP contribution in [0.2, 0.25) is 0 Å². The highest BCUT2D eigenvalue weighted by Crippen LogP contribution is 2.56. The molecule has 6 rings (SSSR count). The smallest absolute Gasteiger partial charge is 0.187 e. The van der Waals surface area contributed by atoms with E-state index in [0.29, 0.717) is 32.1 Å². The molecule has 0 unspecified atom stereocenters. The predicted octanol–water partition coefficient (Wildman–Crippen LogP) is -4.53. The molecular formula is C37H62O20. The van der Waals surface area contributed by atoms with E-state index >= 15 is 0 Å². The maximum absolute atomic E-state index is 10.9. The normalized spacial score (nSPS) is 50.9. The van der Waals surface area contributed by atoms with Crippen molar-refractivity contribution in [2.45, 2.75) is 162 Å². The number of fused-ring (bicyclic) bond motifs is 1. The first-order chi connectivity index (χ1) is 26.7. The Bertz CT molecular complexity index is 1370. The Morgan fingerprint density at radius 2 is 1.21 bits per heavy atom. The lowest BCUT2D eigenvalue weighted by Gasteiger charge is -2.54. The van der Waals surface area contributed by atoms with Gasteiger partial charge >= 0.3 is 0 Å². The molecule has 0 amide bonds. The third-order valence-corrected chi connectivity index (χ3v) is 13.2. The van der Waals surface area contributed by atoms with Crippen molar-refractivity contribution in [1.29, 1.82) is 0 Å². The van der Waals surface area contributed by atoms with Crippen molar-refractivity contribution in [2.24, 2.45) is 17.3 Å². The van der Waals surface area contributed by atoms with Crippen molar-refractivity contribution in [2.75, 3.05) is 39.6 Å². The molecule has 20 heteroatoms. The molecule has 20 atom stereocenters. The molecule has 6 aliphatic rings. The first-order valence-electron chi connectivity index (χ1n) is 19.6. The van der Waals surface area contributed by atoms with E-state index in [9.17, 15) is 61.3 Å². The van der Waals surface area contributed by atoms with E-state index in [0.717, 1.165) is 5.57 Å². The summed E-state index contributed by atoms with van der Waals surface area (Å²) in [6, 6.07) is 0. The van der Waals surface area contributed by atoms with E-state index < -0.39 is 136 Å². The summed E-state index contributed by atoms with van der Waals surface area (Å²) >= 11 is 0. The van der Waals surface area contributed by atoms with Crippen LogP contribution in [0.1, 0.15) is 52.9 Å². The zero-order chi connectivity index (χ0) is 41.8. The largest absolute Gasteiger partial charge is 0.393 e. The number of aliphatic hydroxyl groups excluding tert-OH is 10. The zero-order valence-corrected chi connectivity index (χ0v) is 32.4. The van der Waals surface area contributed by atoms with Gasteiger partial charge in [0.1, 0.15) is 72.2 Å². The van der Waals surface area contributed by atoms with Gasteiger partial charge < -0.3 is 99.2 Å². The quantitative estimate of drug-likeness (QED) is 0.0615. The van der Waals surface area contributed by atoms with Gasteiger partial charge in [0, 0.05) is 0 Å². The summed E-state index contributed by atoms with van der Waals surface area (Å²) in [7, 11) is 0. The van der Waals surface area contributed by atoms with E-state index in [1.807, 2.05) is 13.8 Å². The van der Waals surface area contributed by atoms with Crippen LogP contribution in [0.15, 0.2) is 12.2 Å². The molecule has 2 saturated carbocycles. The monoisotopic (exact) mass is 826 g/mol. The maximum atomic E-state index is 10.9. The van der Waals surface area contributed by atoms with Crippen LogP contribution in [0, 0.1) is 17.3 Å². The molecule has 2 aliphatic carbocycles. The van der Waals surface area contributed by atoms with Crippen LogP contribution in [0.25, 0.3) is 0 Å². The first-order valence-corrected chi connectivity index (χ1v) is 19.6. The Morgan fingerprint density at radius 1 is 0.719 bits per heavy atom. The molecule has 0 spiro atoms. The summed E-state index contributed by atoms with van der Waals surface area (Å²) in [5.41, 5.74) is -4.18. The molecule has 4 saturated heterocycles. The van der Waals surface area contributed by atoms with Gasteiger partial charge in [0.05, 0.1) is 51.3 Å². The van der Waals surface area contributed by atoms with Crippen LogP contribution in [0.4, 0.5) is 0 Å². The number of rotatable bonds is 13. The van der Waals surface area contributed by atoms with Gasteiger partial charge in [-0.15, -0.1) is 0 Å². The van der Waals surface area contributed by atoms with Crippen molar-refractivity contribution in [3.8, 4) is 0 Å². The lowest BCUT2D eigenvalue weighted by Crippen LogP contribution is -2.61. The minimum absolute atomic E-state index is 0.0151. The van der Waals surface area contributed by atoms with Crippen molar-refractivity contribution >= 4 is 0 Å². The molecule has 0 aromatic rings. The lowest BCUT2D eigenvalue weighted by molar-refractivity contribution is -0.336. The molecule has 12 N–H and O–H groups in total. The first kappa shape index (κ1) is 45.5. The summed E-state index contributed by atoms with van der Waals surface area (Å²) in [4.78, 5) is 0. The topological polar surface area (TPSA) is 317 Å². The van der Waals surface area contributed by atoms with E-state index in [4.69, 9.17) is 37.9 Å². The fraction of sp³-hybridized carbons (Fsp3) is 0.946. The van der Waals surface area contributed by atoms with Gasteiger partial charge in [-0.3, -0.25) is 0 Å². The highest BCUT2D eigenvalue weighted by molar-refractivity contribution is 5.16. The third kappa shape index (κ3) is 8.98. The van der Waals surface area contributed by atoms with Crippen LogP contribution in [0.3, 0.4) is 0 Å². The molecule has 0 aromatic heterocycles. The number of ether oxygens (including phenoxy) is 8. The fourth-order valence-electron chi connectivity index (χ4n) is 9.18. The Hall–Kier alpha value is -1.06. The van der Waals surface area contributed by atoms with Crippen LogP contribution in [-0.4, -0.2) is 210 Å². The summed E-state index contributed by atoms with van der Waals surface area (Å²) in [6.45, 7) is 7.09. The van der Waals surface area contributed by atoms with Crippen LogP contribution in [0.5, 0.6) is 0 Å². The molecule has 57 heavy (non-hydrogen) atoms. The summed E-state index contributed by atoms with van der Waals surface area (Å²) in [5.74, 6) is -0.0598. The zero-order valence-electron chi connectivity index (χ0n) is 32.4. The molecule has 0 aromatic carbocycles. The van der Waals surface area contributed by atoms with Crippen LogP contribution in [-0.2, 0) is 37.9 Å². The van der Waals surface area contributed by atoms with Gasteiger partial charge in [0.25, 0.3) is 0 Å². The predicted molar refractivity (Wildman–Crippen MR) is 188 cm³/mol. The second-order valence-corrected chi connectivity index (χ2v) is 17.7. The van der Waals surface area contributed by atoms with Crippen molar-refractivity contribution in [3.63, 3.8) is 0 Å². The average molecular weight is 827 g/mol. The van der Waals surface area contributed by atoms with Crippen molar-refractivity contribution in [3.05, 3.63) is 12.2 Å². The van der Waals surface area contributed by atoms with E-state index in [1.165, 1.54) is 0 Å². The number of hydrogen-bond donors (Lipinski definition) is 12. The molecule has 0 radical (unpaired) electrons. The van der Waals surface area contributed by atoms with Crippen LogP contribution < -0.4 is 0 Å². The molecule has 20 nitrogen and oxygen atoms in total. The lowest BCUT2D eigenvalue weighted by atomic mass is 9.54. The van der Waals surface area contributed by atoms with Gasteiger partial charge in [-0.05, 0) is 63.2 Å². The van der Waals surface area contributed by atoms with E-state index in [2.05, 4.69) is 13.5 Å². The minimum atomic E-state index is -1.92. The number of hydrogen-bond acceptors (Lipinski definition) is 20. The minimum Gasteiger partial charge on any atom is -0.393 e. The van der Waals surface area contributed by atoms with Crippen molar-refractivity contribution < 1.29 is 99.2 Å². The fourth-order valence-corrected chi connectivity index (χ4v) is 9.18. The Morgan fingerprint density at radius 3 is 1.70 bits per heavy atom. The molecule has 6 fully saturated rings. The highest BCUT2D eigenvalue weighted by atomic mass is 16.7. The van der Waals surface area contributed by atoms with Gasteiger partial charge in [0.15, 0.2) is 25.2 Å². The van der Waals surface area contributed by atoms with Crippen LogP contribution >= 0.6 is 0 Å². The van der Waals surface area contributed by atoms with Gasteiger partial charge in [-0.1, -0.05) is 19.1 Å². The average Bonchev–Trinajstić information content (AvgIpc) is 3.63. The standard InChI is InChI=1S/C37H62O20/c1-16-7-18(54-30-26(44)24(42)22(40)20(55-30)10-50-32-28(46)36(48,12-38)14-52-32)9-35(4)6-5-17(8-19(16)35)34(2,3)57-31-27(45)25(43)23(41)21(56-31)11-51-33-29(47)37(49,13-39)15-53-33/h17-33,38-49H,1,5-15H2,2-4H3/t17-,18+,19+,20+,21+,22+,23+,24-,25-,26+,27+,28-,29-,30+,31-,32+,33+,35+,36+,37+/m1/s1. The second kappa shape index (κ2) is 17.4. The Labute approximate surface area is 330 Å². The SMILES string of the molecule is C=C1C[C@H](O[C@H]2O[C@@H](CO[C@H]3OC[C@@](O)(CO)[C@@H]3O)[C@H](O)[C@@H](O)[C@@H]2O)C[C@]2(C)CC[C@@H](C(C)(C)O[C@H]3O[C@@H](CO[C@H]4OC[C@@](O)(CO)[C@@H]4O)[C@H](O)[C@@H](O)[C@@H]3O)C[C@@H]12. The molecule has 0 bridgehead atoms. The second-order valence-electron chi connectivity index (χ2n) is 17.7. The molecule has 4 aliphatic heterocycles. The maximum Gasteiger partial charge on any atom is 0.187 e. The Balaban J connectivity index is 1.03. The summed E-state index contributed by atoms with van der Waals surface area (Å²) in [5, 5.41) is 124. The number of aliphatic hydroxyl groups is 12. The van der Waals surface area contributed by atoms with Crippen molar-refractivity contribution in [1.82, 2.24) is 0 Å². The Kier molecular flexibility index (Phi) is 13.9. The summed E-state index contributed by atoms with van der Waals surface area (Å²) in [6.07, 6.45) is -18.2. The third-order valence-electron chi connectivity index (χ3n) is 13.2. The van der Waals surface area contributed by atoms with E-state index in [1.54, 1.807) is 0 Å². The molecule has 4 heterocycles. The summed E-state index contributed by atoms with van der Waals surface area (Å²) < 4.78 is 45.9. The van der Waals surface area contributed by atoms with Gasteiger partial charge in [0.2, 0.25) is 0 Å². The van der Waals surface area contributed by atoms with E-state index in [-0.39, 0.29) is 30.5 Å². The molecule has 330 valence electrons. The van der Waals surface area contributed by atoms with Gasteiger partial charge in [-0.2, -0.15) is 0 Å². The van der Waals surface area contributed by atoms with Gasteiger partial charge in [-0.25, -0.2) is 0 Å².